The zero-order valence-corrected chi connectivity index (χ0v) is 21.2. The first-order chi connectivity index (χ1) is 17.3. The Labute approximate surface area is 219 Å². The van der Waals surface area contributed by atoms with E-state index in [0.717, 1.165) is 5.56 Å². The molecular formula is C27H24Cl2N4O3. The van der Waals surface area contributed by atoms with Crippen LogP contribution in [-0.4, -0.2) is 24.1 Å². The normalized spacial score (nSPS) is 11.7. The number of halogens is 2. The number of carbonyl (C=O) groups excluding carboxylic acids is 2. The van der Waals surface area contributed by atoms with Crippen LogP contribution in [0, 0.1) is 17.2 Å². The molecule has 2 N–H and O–H groups in total. The number of benzene rings is 3. The minimum atomic E-state index is -0.852. The topological polar surface area (TPSA) is 104 Å². The van der Waals surface area contributed by atoms with Crippen molar-refractivity contribution in [3.8, 4) is 11.8 Å². The first-order valence-electron chi connectivity index (χ1n) is 11.1. The van der Waals surface area contributed by atoms with Crippen molar-refractivity contribution < 1.29 is 14.3 Å². The van der Waals surface area contributed by atoms with E-state index >= 15 is 0 Å². The fourth-order valence-electron chi connectivity index (χ4n) is 3.29. The molecule has 0 aliphatic rings. The number of hydrogen-bond acceptors (Lipinski definition) is 5. The second kappa shape index (κ2) is 12.7. The number of para-hydroxylation sites is 1. The van der Waals surface area contributed by atoms with Gasteiger partial charge in [0.1, 0.15) is 18.4 Å². The van der Waals surface area contributed by atoms with E-state index in [1.165, 1.54) is 18.3 Å². The van der Waals surface area contributed by atoms with Gasteiger partial charge in [-0.25, -0.2) is 5.43 Å². The van der Waals surface area contributed by atoms with Crippen molar-refractivity contribution in [2.45, 2.75) is 26.5 Å². The van der Waals surface area contributed by atoms with Gasteiger partial charge < -0.3 is 10.1 Å². The fourth-order valence-corrected chi connectivity index (χ4v) is 3.79. The lowest BCUT2D eigenvalue weighted by Crippen LogP contribution is -2.48. The Bertz CT molecular complexity index is 1320. The minimum Gasteiger partial charge on any atom is -0.488 e. The highest BCUT2D eigenvalue weighted by molar-refractivity contribution is 6.36. The van der Waals surface area contributed by atoms with E-state index < -0.39 is 17.9 Å². The summed E-state index contributed by atoms with van der Waals surface area (Å²) < 4.78 is 5.90. The van der Waals surface area contributed by atoms with Gasteiger partial charge in [-0.05, 0) is 42.3 Å². The number of ether oxygens (including phenoxy) is 1. The summed E-state index contributed by atoms with van der Waals surface area (Å²) in [6, 6.07) is 20.2. The van der Waals surface area contributed by atoms with Gasteiger partial charge in [0, 0.05) is 16.1 Å². The van der Waals surface area contributed by atoms with Crippen LogP contribution >= 0.6 is 23.2 Å². The Morgan fingerprint density at radius 2 is 1.81 bits per heavy atom. The van der Waals surface area contributed by atoms with Crippen molar-refractivity contribution in [2.75, 3.05) is 0 Å². The zero-order chi connectivity index (χ0) is 26.1. The van der Waals surface area contributed by atoms with E-state index in [4.69, 9.17) is 27.9 Å². The third-order valence-electron chi connectivity index (χ3n) is 5.23. The Balaban J connectivity index is 1.66. The average Bonchev–Trinajstić information content (AvgIpc) is 2.86. The lowest BCUT2D eigenvalue weighted by molar-refractivity contribution is -0.123. The molecule has 3 aromatic carbocycles. The van der Waals surface area contributed by atoms with Crippen LogP contribution in [0.15, 0.2) is 71.8 Å². The van der Waals surface area contributed by atoms with E-state index in [2.05, 4.69) is 21.9 Å². The van der Waals surface area contributed by atoms with Gasteiger partial charge >= 0.3 is 0 Å². The predicted octanol–water partition coefficient (Wildman–Crippen LogP) is 5.35. The van der Waals surface area contributed by atoms with Gasteiger partial charge in [-0.3, -0.25) is 9.59 Å². The summed E-state index contributed by atoms with van der Waals surface area (Å²) in [6.07, 6.45) is 1.46. The van der Waals surface area contributed by atoms with Crippen molar-refractivity contribution >= 4 is 41.2 Å². The number of hydrogen-bond donors (Lipinski definition) is 2. The molecule has 0 spiro atoms. The van der Waals surface area contributed by atoms with Crippen molar-refractivity contribution in [1.82, 2.24) is 10.7 Å². The summed E-state index contributed by atoms with van der Waals surface area (Å²) in [4.78, 5) is 25.5. The lowest BCUT2D eigenvalue weighted by Gasteiger charge is -2.20. The highest BCUT2D eigenvalue weighted by Gasteiger charge is 2.25. The Morgan fingerprint density at radius 1 is 1.08 bits per heavy atom. The molecule has 7 nitrogen and oxygen atoms in total. The summed E-state index contributed by atoms with van der Waals surface area (Å²) in [5.74, 6) is -0.660. The second-order valence-corrected chi connectivity index (χ2v) is 8.99. The summed E-state index contributed by atoms with van der Waals surface area (Å²) in [5, 5.41) is 16.6. The fraction of sp³-hybridized carbons (Fsp3) is 0.185. The lowest BCUT2D eigenvalue weighted by atomic mass is 10.0. The van der Waals surface area contributed by atoms with Crippen LogP contribution in [0.3, 0.4) is 0 Å². The highest BCUT2D eigenvalue weighted by atomic mass is 35.5. The van der Waals surface area contributed by atoms with Crippen LogP contribution in [0.5, 0.6) is 5.75 Å². The number of carbonyl (C=O) groups is 2. The first-order valence-corrected chi connectivity index (χ1v) is 11.8. The second-order valence-electron chi connectivity index (χ2n) is 8.15. The van der Waals surface area contributed by atoms with Crippen LogP contribution in [-0.2, 0) is 11.4 Å². The van der Waals surface area contributed by atoms with Crippen molar-refractivity contribution in [3.05, 3.63) is 99.0 Å². The van der Waals surface area contributed by atoms with E-state index in [0.29, 0.717) is 21.9 Å². The largest absolute Gasteiger partial charge is 0.488 e. The predicted molar refractivity (Wildman–Crippen MR) is 140 cm³/mol. The summed E-state index contributed by atoms with van der Waals surface area (Å²) >= 11 is 12.0. The molecule has 1 unspecified atom stereocenters. The number of rotatable bonds is 9. The van der Waals surface area contributed by atoms with Crippen molar-refractivity contribution in [1.29, 1.82) is 5.26 Å². The van der Waals surface area contributed by atoms with Crippen LogP contribution in [0.25, 0.3) is 0 Å². The molecule has 36 heavy (non-hydrogen) atoms. The maximum atomic E-state index is 12.8. The van der Waals surface area contributed by atoms with Crippen LogP contribution in [0.2, 0.25) is 10.0 Å². The molecule has 0 aromatic heterocycles. The van der Waals surface area contributed by atoms with Gasteiger partial charge in [0.25, 0.3) is 11.8 Å². The maximum absolute atomic E-state index is 12.8. The van der Waals surface area contributed by atoms with Crippen molar-refractivity contribution in [2.24, 2.45) is 11.0 Å². The molecule has 9 heteroatoms. The molecule has 0 radical (unpaired) electrons. The molecule has 0 aliphatic heterocycles. The molecule has 0 aliphatic carbocycles. The molecule has 0 heterocycles. The minimum absolute atomic E-state index is 0.190. The molecule has 2 amide bonds. The summed E-state index contributed by atoms with van der Waals surface area (Å²) in [7, 11) is 0. The van der Waals surface area contributed by atoms with Crippen molar-refractivity contribution in [3.63, 3.8) is 0 Å². The van der Waals surface area contributed by atoms with Gasteiger partial charge in [-0.2, -0.15) is 10.4 Å². The SMILES string of the molecule is CC(C)C(NC(=O)c1ccc(Cl)cc1Cl)C(=O)N/N=C/c1ccccc1OCc1ccccc1C#N. The van der Waals surface area contributed by atoms with Gasteiger partial charge in [-0.1, -0.05) is 67.4 Å². The van der Waals surface area contributed by atoms with Crippen LogP contribution < -0.4 is 15.5 Å². The third-order valence-corrected chi connectivity index (χ3v) is 5.78. The molecule has 3 rings (SSSR count). The van der Waals surface area contributed by atoms with Crippen LogP contribution in [0.1, 0.15) is 40.9 Å². The smallest absolute Gasteiger partial charge is 0.262 e. The molecule has 1 atom stereocenters. The first kappa shape index (κ1) is 26.7. The quantitative estimate of drug-likeness (QED) is 0.292. The number of nitrogens with zero attached hydrogens (tertiary/aromatic N) is 2. The van der Waals surface area contributed by atoms with Gasteiger partial charge in [-0.15, -0.1) is 0 Å². The number of amides is 2. The molecule has 0 fully saturated rings. The van der Waals surface area contributed by atoms with E-state index in [-0.39, 0.29) is 23.1 Å². The standard InChI is InChI=1S/C27H24Cl2N4O3/c1-17(2)25(32-26(34)22-12-11-21(28)13-23(22)29)27(35)33-31-15-19-8-5-6-10-24(19)36-16-20-9-4-3-7-18(20)14-30/h3-13,15,17,25H,16H2,1-2H3,(H,32,34)(H,33,35)/b31-15+. The maximum Gasteiger partial charge on any atom is 0.262 e. The Kier molecular flexibility index (Phi) is 9.46. The Morgan fingerprint density at radius 3 is 2.53 bits per heavy atom. The number of nitrogens with one attached hydrogen (secondary N) is 2. The van der Waals surface area contributed by atoms with Gasteiger partial charge in [0.2, 0.25) is 0 Å². The molecule has 0 saturated heterocycles. The average molecular weight is 523 g/mol. The van der Waals surface area contributed by atoms with E-state index in [9.17, 15) is 14.9 Å². The molecule has 0 bridgehead atoms. The summed E-state index contributed by atoms with van der Waals surface area (Å²) in [5.41, 5.74) is 4.62. The highest BCUT2D eigenvalue weighted by Crippen LogP contribution is 2.21. The summed E-state index contributed by atoms with van der Waals surface area (Å²) in [6.45, 7) is 3.81. The molecular weight excluding hydrogens is 499 g/mol. The third kappa shape index (κ3) is 7.08. The van der Waals surface area contributed by atoms with Gasteiger partial charge in [0.05, 0.1) is 28.4 Å². The number of nitriles is 1. The molecule has 184 valence electrons. The molecule has 3 aromatic rings. The van der Waals surface area contributed by atoms with Crippen LogP contribution in [0.4, 0.5) is 0 Å². The number of hydrazone groups is 1. The van der Waals surface area contributed by atoms with E-state index in [1.807, 2.05) is 24.3 Å². The zero-order valence-electron chi connectivity index (χ0n) is 19.7. The molecule has 0 saturated carbocycles. The van der Waals surface area contributed by atoms with Gasteiger partial charge in [0.15, 0.2) is 0 Å². The Hall–Kier alpha value is -3.86. The monoisotopic (exact) mass is 522 g/mol. The van der Waals surface area contributed by atoms with E-state index in [1.54, 1.807) is 44.2 Å².